The van der Waals surface area contributed by atoms with Crippen LogP contribution in [0, 0.1) is 5.92 Å². The molecule has 29 heavy (non-hydrogen) atoms. The molecule has 1 N–H and O–H groups in total. The maximum absolute atomic E-state index is 12.8. The van der Waals surface area contributed by atoms with Gasteiger partial charge in [0.25, 0.3) is 11.8 Å². The molecule has 154 valence electrons. The van der Waals surface area contributed by atoms with Crippen LogP contribution in [0.3, 0.4) is 0 Å². The standard InChI is InChI=1S/C22H26N2O5/c1-14(2)20(23-21(26)18-9-6-12-28-18)22(27)29-13-19(25)24-15(3)10-11-16-7-4-5-8-17(16)24/h4-9,12,14-15,20H,10-11,13H2,1-3H3,(H,23,26)/t15-,20+/m0/s1. The predicted octanol–water partition coefficient (Wildman–Crippen LogP) is 2.95. The van der Waals surface area contributed by atoms with E-state index in [-0.39, 0.29) is 30.2 Å². The van der Waals surface area contributed by atoms with Crippen LogP contribution in [0.1, 0.15) is 43.3 Å². The highest BCUT2D eigenvalue weighted by atomic mass is 16.5. The SMILES string of the molecule is CC(C)[C@@H](NC(=O)c1ccco1)C(=O)OCC(=O)N1c2ccccc2CC[C@@H]1C. The minimum Gasteiger partial charge on any atom is -0.459 e. The fourth-order valence-corrected chi connectivity index (χ4v) is 3.48. The van der Waals surface area contributed by atoms with Gasteiger partial charge in [-0.05, 0) is 49.4 Å². The number of hydrogen-bond donors (Lipinski definition) is 1. The summed E-state index contributed by atoms with van der Waals surface area (Å²) in [4.78, 5) is 39.3. The van der Waals surface area contributed by atoms with Crippen molar-refractivity contribution in [3.05, 3.63) is 54.0 Å². The summed E-state index contributed by atoms with van der Waals surface area (Å²) in [6.45, 7) is 5.19. The average Bonchev–Trinajstić information content (AvgIpc) is 3.24. The number of furan rings is 1. The molecule has 0 unspecified atom stereocenters. The van der Waals surface area contributed by atoms with Gasteiger partial charge >= 0.3 is 5.97 Å². The zero-order chi connectivity index (χ0) is 21.0. The molecule has 2 heterocycles. The number of benzene rings is 1. The Morgan fingerprint density at radius 1 is 1.21 bits per heavy atom. The summed E-state index contributed by atoms with van der Waals surface area (Å²) in [5.41, 5.74) is 1.97. The molecule has 0 fully saturated rings. The number of esters is 1. The summed E-state index contributed by atoms with van der Waals surface area (Å²) in [6, 6.07) is 10.00. The normalized spacial score (nSPS) is 16.8. The van der Waals surface area contributed by atoms with Gasteiger partial charge in [-0.15, -0.1) is 0 Å². The third-order valence-corrected chi connectivity index (χ3v) is 5.08. The number of anilines is 1. The molecular formula is C22H26N2O5. The second-order valence-corrected chi connectivity index (χ2v) is 7.56. The lowest BCUT2D eigenvalue weighted by Crippen LogP contribution is -2.48. The van der Waals surface area contributed by atoms with Crippen LogP contribution >= 0.6 is 0 Å². The molecule has 1 aromatic heterocycles. The maximum Gasteiger partial charge on any atom is 0.329 e. The first-order valence-corrected chi connectivity index (χ1v) is 9.79. The molecule has 0 saturated heterocycles. The van der Waals surface area contributed by atoms with Gasteiger partial charge in [0.2, 0.25) is 0 Å². The quantitative estimate of drug-likeness (QED) is 0.756. The Bertz CT molecular complexity index is 875. The van der Waals surface area contributed by atoms with Crippen LogP contribution in [0.2, 0.25) is 0 Å². The molecule has 7 heteroatoms. The van der Waals surface area contributed by atoms with Crippen molar-refractivity contribution in [1.29, 1.82) is 0 Å². The summed E-state index contributed by atoms with van der Waals surface area (Å²) in [7, 11) is 0. The van der Waals surface area contributed by atoms with Crippen LogP contribution in [0.15, 0.2) is 47.1 Å². The first kappa shape index (κ1) is 20.6. The number of fused-ring (bicyclic) bond motifs is 1. The molecule has 1 aliphatic rings. The van der Waals surface area contributed by atoms with Crippen molar-refractivity contribution < 1.29 is 23.5 Å². The minimum atomic E-state index is -0.883. The number of rotatable bonds is 6. The molecule has 0 saturated carbocycles. The molecule has 0 bridgehead atoms. The molecule has 1 aromatic carbocycles. The van der Waals surface area contributed by atoms with Gasteiger partial charge in [-0.2, -0.15) is 0 Å². The Balaban J connectivity index is 1.64. The third kappa shape index (κ3) is 4.67. The van der Waals surface area contributed by atoms with Crippen molar-refractivity contribution in [2.45, 2.75) is 45.7 Å². The highest BCUT2D eigenvalue weighted by Gasteiger charge is 2.31. The van der Waals surface area contributed by atoms with Crippen molar-refractivity contribution in [3.63, 3.8) is 0 Å². The van der Waals surface area contributed by atoms with Gasteiger partial charge in [-0.3, -0.25) is 9.59 Å². The Morgan fingerprint density at radius 3 is 2.66 bits per heavy atom. The predicted molar refractivity (Wildman–Crippen MR) is 107 cm³/mol. The van der Waals surface area contributed by atoms with E-state index in [1.165, 1.54) is 12.3 Å². The van der Waals surface area contributed by atoms with Crippen molar-refractivity contribution >= 4 is 23.5 Å². The van der Waals surface area contributed by atoms with Crippen molar-refractivity contribution in [1.82, 2.24) is 5.32 Å². The number of hydrogen-bond acceptors (Lipinski definition) is 5. The van der Waals surface area contributed by atoms with E-state index in [0.717, 1.165) is 24.1 Å². The van der Waals surface area contributed by atoms with Crippen LogP contribution in [-0.2, 0) is 20.7 Å². The Labute approximate surface area is 170 Å². The highest BCUT2D eigenvalue weighted by molar-refractivity contribution is 5.98. The lowest BCUT2D eigenvalue weighted by Gasteiger charge is -2.35. The lowest BCUT2D eigenvalue weighted by atomic mass is 9.96. The smallest absolute Gasteiger partial charge is 0.329 e. The van der Waals surface area contributed by atoms with E-state index in [1.807, 2.05) is 31.2 Å². The molecule has 3 rings (SSSR count). The molecular weight excluding hydrogens is 372 g/mol. The van der Waals surface area contributed by atoms with Gasteiger partial charge in [0, 0.05) is 11.7 Å². The fourth-order valence-electron chi connectivity index (χ4n) is 3.48. The molecule has 2 amide bonds. The van der Waals surface area contributed by atoms with Gasteiger partial charge in [-0.1, -0.05) is 32.0 Å². The third-order valence-electron chi connectivity index (χ3n) is 5.08. The zero-order valence-electron chi connectivity index (χ0n) is 16.9. The second-order valence-electron chi connectivity index (χ2n) is 7.56. The van der Waals surface area contributed by atoms with Crippen LogP contribution in [0.5, 0.6) is 0 Å². The maximum atomic E-state index is 12.8. The van der Waals surface area contributed by atoms with Crippen LogP contribution in [0.4, 0.5) is 5.69 Å². The number of para-hydroxylation sites is 1. The molecule has 0 aliphatic carbocycles. The summed E-state index contributed by atoms with van der Waals surface area (Å²) in [5, 5.41) is 2.61. The van der Waals surface area contributed by atoms with Gasteiger partial charge in [0.1, 0.15) is 6.04 Å². The molecule has 0 spiro atoms. The van der Waals surface area contributed by atoms with E-state index in [4.69, 9.17) is 9.15 Å². The topological polar surface area (TPSA) is 88.9 Å². The zero-order valence-corrected chi connectivity index (χ0v) is 16.9. The van der Waals surface area contributed by atoms with E-state index in [9.17, 15) is 14.4 Å². The number of nitrogens with zero attached hydrogens (tertiary/aromatic N) is 1. The lowest BCUT2D eigenvalue weighted by molar-refractivity contribution is -0.150. The van der Waals surface area contributed by atoms with Gasteiger partial charge < -0.3 is 19.4 Å². The molecule has 2 atom stereocenters. The summed E-state index contributed by atoms with van der Waals surface area (Å²) >= 11 is 0. The summed E-state index contributed by atoms with van der Waals surface area (Å²) in [5.74, 6) is -1.54. The van der Waals surface area contributed by atoms with Gasteiger partial charge in [-0.25, -0.2) is 4.79 Å². The van der Waals surface area contributed by atoms with Gasteiger partial charge in [0.05, 0.1) is 6.26 Å². The number of amides is 2. The number of nitrogens with one attached hydrogen (secondary N) is 1. The first-order chi connectivity index (χ1) is 13.9. The Kier molecular flexibility index (Phi) is 6.36. The van der Waals surface area contributed by atoms with E-state index < -0.39 is 17.9 Å². The Hall–Kier alpha value is -3.09. The van der Waals surface area contributed by atoms with E-state index in [2.05, 4.69) is 5.32 Å². The number of ether oxygens (including phenoxy) is 1. The number of aryl methyl sites for hydroxylation is 1. The van der Waals surface area contributed by atoms with Crippen LogP contribution in [-0.4, -0.2) is 36.5 Å². The average molecular weight is 398 g/mol. The van der Waals surface area contributed by atoms with Gasteiger partial charge in [0.15, 0.2) is 12.4 Å². The molecule has 2 aromatic rings. The van der Waals surface area contributed by atoms with Crippen molar-refractivity contribution in [2.75, 3.05) is 11.5 Å². The fraction of sp³-hybridized carbons (Fsp3) is 0.409. The molecule has 0 radical (unpaired) electrons. The van der Waals surface area contributed by atoms with Crippen molar-refractivity contribution in [3.8, 4) is 0 Å². The van der Waals surface area contributed by atoms with E-state index in [0.29, 0.717) is 0 Å². The van der Waals surface area contributed by atoms with E-state index in [1.54, 1.807) is 24.8 Å². The number of carbonyl (C=O) groups is 3. The number of carbonyl (C=O) groups excluding carboxylic acids is 3. The van der Waals surface area contributed by atoms with Crippen LogP contribution in [0.25, 0.3) is 0 Å². The molecule has 1 aliphatic heterocycles. The Morgan fingerprint density at radius 2 is 1.97 bits per heavy atom. The first-order valence-electron chi connectivity index (χ1n) is 9.79. The molecule has 7 nitrogen and oxygen atoms in total. The van der Waals surface area contributed by atoms with Crippen molar-refractivity contribution in [2.24, 2.45) is 5.92 Å². The largest absolute Gasteiger partial charge is 0.459 e. The summed E-state index contributed by atoms with van der Waals surface area (Å²) in [6.07, 6.45) is 3.15. The van der Waals surface area contributed by atoms with Crippen LogP contribution < -0.4 is 10.2 Å². The minimum absolute atomic E-state index is 0.0238. The second kappa shape index (κ2) is 8.94. The highest BCUT2D eigenvalue weighted by Crippen LogP contribution is 2.30. The van der Waals surface area contributed by atoms with E-state index >= 15 is 0 Å². The summed E-state index contributed by atoms with van der Waals surface area (Å²) < 4.78 is 10.3. The monoisotopic (exact) mass is 398 g/mol.